The first-order valence-corrected chi connectivity index (χ1v) is 8.08. The van der Waals surface area contributed by atoms with Gasteiger partial charge in [0.2, 0.25) is 0 Å². The fourth-order valence-corrected chi connectivity index (χ4v) is 3.75. The first-order chi connectivity index (χ1) is 10.1. The number of rotatable bonds is 3. The monoisotopic (exact) mass is 340 g/mol. The van der Waals surface area contributed by atoms with Gasteiger partial charge in [0.1, 0.15) is 12.4 Å². The largest absolute Gasteiger partial charge is 0.489 e. The van der Waals surface area contributed by atoms with E-state index < -0.39 is 0 Å². The minimum absolute atomic E-state index is 0.132. The molecule has 0 saturated carbocycles. The third kappa shape index (κ3) is 3.01. The molecule has 0 saturated heterocycles. The highest BCUT2D eigenvalue weighted by atomic mass is 35.5. The highest BCUT2D eigenvalue weighted by Crippen LogP contribution is 2.40. The molecular formula is C17H15Cl3O. The van der Waals surface area contributed by atoms with Gasteiger partial charge in [-0.1, -0.05) is 29.3 Å². The predicted octanol–water partition coefficient (Wildman–Crippen LogP) is 6.11. The summed E-state index contributed by atoms with van der Waals surface area (Å²) in [6.07, 6.45) is 2.01. The summed E-state index contributed by atoms with van der Waals surface area (Å²) in [6.45, 7) is 2.44. The van der Waals surface area contributed by atoms with E-state index in [0.717, 1.165) is 24.2 Å². The van der Waals surface area contributed by atoms with Crippen LogP contribution in [0, 0.1) is 6.92 Å². The van der Waals surface area contributed by atoms with Gasteiger partial charge in [0, 0.05) is 15.6 Å². The van der Waals surface area contributed by atoms with Gasteiger partial charge in [0.25, 0.3) is 0 Å². The van der Waals surface area contributed by atoms with Crippen molar-refractivity contribution in [2.45, 2.75) is 31.7 Å². The summed E-state index contributed by atoms with van der Waals surface area (Å²) in [7, 11) is 0. The second-order valence-corrected chi connectivity index (χ2v) is 6.65. The summed E-state index contributed by atoms with van der Waals surface area (Å²) in [6, 6.07) is 9.57. The van der Waals surface area contributed by atoms with Crippen molar-refractivity contribution in [3.8, 4) is 5.75 Å². The summed E-state index contributed by atoms with van der Waals surface area (Å²) >= 11 is 18.7. The van der Waals surface area contributed by atoms with Crippen LogP contribution in [0.15, 0.2) is 30.3 Å². The van der Waals surface area contributed by atoms with Gasteiger partial charge < -0.3 is 4.74 Å². The molecule has 0 spiro atoms. The number of ether oxygens (including phenoxy) is 1. The van der Waals surface area contributed by atoms with Crippen LogP contribution in [0.25, 0.3) is 0 Å². The lowest BCUT2D eigenvalue weighted by Crippen LogP contribution is -1.99. The van der Waals surface area contributed by atoms with Crippen molar-refractivity contribution in [1.29, 1.82) is 0 Å². The van der Waals surface area contributed by atoms with Crippen molar-refractivity contribution >= 4 is 34.8 Å². The first kappa shape index (κ1) is 15.0. The van der Waals surface area contributed by atoms with Gasteiger partial charge in [-0.15, -0.1) is 11.6 Å². The molecule has 0 heterocycles. The predicted molar refractivity (Wildman–Crippen MR) is 88.9 cm³/mol. The third-order valence-electron chi connectivity index (χ3n) is 3.87. The van der Waals surface area contributed by atoms with Crippen LogP contribution in [0.4, 0.5) is 0 Å². The molecule has 0 fully saturated rings. The van der Waals surface area contributed by atoms with E-state index in [1.165, 1.54) is 16.7 Å². The molecule has 1 aliphatic rings. The molecule has 3 rings (SSSR count). The molecule has 2 aromatic carbocycles. The number of aryl methyl sites for hydroxylation is 2. The number of benzene rings is 2. The highest BCUT2D eigenvalue weighted by Gasteiger charge is 2.23. The molecule has 21 heavy (non-hydrogen) atoms. The van der Waals surface area contributed by atoms with E-state index >= 15 is 0 Å². The molecule has 0 radical (unpaired) electrons. The zero-order chi connectivity index (χ0) is 15.0. The number of halogens is 3. The van der Waals surface area contributed by atoms with E-state index in [2.05, 4.69) is 13.0 Å². The number of hydrogen-bond donors (Lipinski definition) is 0. The minimum atomic E-state index is 0.132. The Labute approximate surface area is 139 Å². The van der Waals surface area contributed by atoms with Crippen LogP contribution in [0.2, 0.25) is 10.0 Å². The van der Waals surface area contributed by atoms with Gasteiger partial charge in [0.15, 0.2) is 0 Å². The normalized spacial score (nSPS) is 16.9. The summed E-state index contributed by atoms with van der Waals surface area (Å²) in [5.41, 5.74) is 4.55. The molecule has 110 valence electrons. The molecule has 0 N–H and O–H groups in total. The fourth-order valence-electron chi connectivity index (χ4n) is 2.83. The fraction of sp³-hybridized carbons (Fsp3) is 0.294. The summed E-state index contributed by atoms with van der Waals surface area (Å²) in [5, 5.41) is 1.38. The van der Waals surface area contributed by atoms with Gasteiger partial charge in [-0.2, -0.15) is 0 Å². The standard InChI is InChI=1S/C17H15Cl3O/c1-10-7-12(8-11-5-6-16(20)17(10)11)21-9-13-14(18)3-2-4-15(13)19/h2-4,7-8,16H,5-6,9H2,1H3. The van der Waals surface area contributed by atoms with Crippen molar-refractivity contribution in [3.63, 3.8) is 0 Å². The molecule has 1 aliphatic carbocycles. The molecule has 0 aromatic heterocycles. The Morgan fingerprint density at radius 3 is 2.62 bits per heavy atom. The summed E-state index contributed by atoms with van der Waals surface area (Å²) < 4.78 is 5.88. The minimum Gasteiger partial charge on any atom is -0.489 e. The molecule has 1 unspecified atom stereocenters. The van der Waals surface area contributed by atoms with Crippen LogP contribution in [-0.4, -0.2) is 0 Å². The van der Waals surface area contributed by atoms with E-state index in [9.17, 15) is 0 Å². The highest BCUT2D eigenvalue weighted by molar-refractivity contribution is 6.35. The van der Waals surface area contributed by atoms with Crippen LogP contribution < -0.4 is 4.74 Å². The maximum absolute atomic E-state index is 6.34. The second-order valence-electron chi connectivity index (χ2n) is 5.31. The maximum Gasteiger partial charge on any atom is 0.120 e. The van der Waals surface area contributed by atoms with Crippen LogP contribution in [0.3, 0.4) is 0 Å². The van der Waals surface area contributed by atoms with E-state index in [1.807, 2.05) is 24.3 Å². The van der Waals surface area contributed by atoms with Crippen molar-refractivity contribution in [1.82, 2.24) is 0 Å². The number of hydrogen-bond acceptors (Lipinski definition) is 1. The Morgan fingerprint density at radius 2 is 1.90 bits per heavy atom. The lowest BCUT2D eigenvalue weighted by Gasteiger charge is -2.13. The lowest BCUT2D eigenvalue weighted by atomic mass is 10.0. The zero-order valence-electron chi connectivity index (χ0n) is 11.6. The maximum atomic E-state index is 6.34. The molecule has 1 nitrogen and oxygen atoms in total. The van der Waals surface area contributed by atoms with Crippen molar-refractivity contribution < 1.29 is 4.74 Å². The smallest absolute Gasteiger partial charge is 0.120 e. The Bertz CT molecular complexity index is 662. The average molecular weight is 342 g/mol. The molecule has 0 aliphatic heterocycles. The molecule has 4 heteroatoms. The molecule has 2 aromatic rings. The van der Waals surface area contributed by atoms with Crippen LogP contribution in [0.5, 0.6) is 5.75 Å². The molecular weight excluding hydrogens is 327 g/mol. The van der Waals surface area contributed by atoms with Crippen LogP contribution in [-0.2, 0) is 13.0 Å². The van der Waals surface area contributed by atoms with E-state index in [0.29, 0.717) is 16.7 Å². The average Bonchev–Trinajstić information content (AvgIpc) is 2.80. The van der Waals surface area contributed by atoms with Gasteiger partial charge in [-0.25, -0.2) is 0 Å². The first-order valence-electron chi connectivity index (χ1n) is 6.89. The van der Waals surface area contributed by atoms with Crippen molar-refractivity contribution in [2.75, 3.05) is 0 Å². The zero-order valence-corrected chi connectivity index (χ0v) is 13.9. The Hall–Kier alpha value is -0.890. The van der Waals surface area contributed by atoms with Crippen LogP contribution >= 0.6 is 34.8 Å². The van der Waals surface area contributed by atoms with E-state index in [-0.39, 0.29) is 5.38 Å². The Morgan fingerprint density at radius 1 is 1.19 bits per heavy atom. The molecule has 1 atom stereocenters. The van der Waals surface area contributed by atoms with Gasteiger partial charge in [-0.05, 0) is 60.7 Å². The summed E-state index contributed by atoms with van der Waals surface area (Å²) in [5.74, 6) is 0.841. The Balaban J connectivity index is 1.82. The van der Waals surface area contributed by atoms with Gasteiger partial charge in [-0.3, -0.25) is 0 Å². The second kappa shape index (κ2) is 6.08. The SMILES string of the molecule is Cc1cc(OCc2c(Cl)cccc2Cl)cc2c1C(Cl)CC2. The van der Waals surface area contributed by atoms with E-state index in [1.54, 1.807) is 0 Å². The topological polar surface area (TPSA) is 9.23 Å². The molecule has 0 bridgehead atoms. The van der Waals surface area contributed by atoms with Crippen LogP contribution in [0.1, 0.15) is 34.1 Å². The number of fused-ring (bicyclic) bond motifs is 1. The third-order valence-corrected chi connectivity index (χ3v) is 5.02. The number of alkyl halides is 1. The Kier molecular flexibility index (Phi) is 4.35. The quantitative estimate of drug-likeness (QED) is 0.612. The van der Waals surface area contributed by atoms with Crippen molar-refractivity contribution in [3.05, 3.63) is 62.6 Å². The van der Waals surface area contributed by atoms with Gasteiger partial charge in [0.05, 0.1) is 5.38 Å². The summed E-state index contributed by atoms with van der Waals surface area (Å²) in [4.78, 5) is 0. The van der Waals surface area contributed by atoms with Gasteiger partial charge >= 0.3 is 0 Å². The van der Waals surface area contributed by atoms with E-state index in [4.69, 9.17) is 39.5 Å². The lowest BCUT2D eigenvalue weighted by molar-refractivity contribution is 0.306. The molecule has 0 amide bonds. The van der Waals surface area contributed by atoms with Crippen molar-refractivity contribution in [2.24, 2.45) is 0 Å².